The van der Waals surface area contributed by atoms with Crippen LogP contribution in [0.2, 0.25) is 0 Å². The number of nitrogens with zero attached hydrogens (tertiary/aromatic N) is 3. The highest BCUT2D eigenvalue weighted by Gasteiger charge is 2.21. The molecule has 0 aliphatic heterocycles. The van der Waals surface area contributed by atoms with Crippen molar-refractivity contribution in [2.45, 2.75) is 26.0 Å². The fraction of sp³-hybridized carbons (Fsp3) is 0.316. The van der Waals surface area contributed by atoms with Crippen LogP contribution < -0.4 is 4.90 Å². The lowest BCUT2D eigenvalue weighted by Gasteiger charge is -2.18. The maximum atomic E-state index is 10.9. The minimum atomic E-state index is -0.735. The van der Waals surface area contributed by atoms with E-state index in [1.807, 2.05) is 67.5 Å². The summed E-state index contributed by atoms with van der Waals surface area (Å²) in [5.41, 5.74) is 3.94. The highest BCUT2D eigenvalue weighted by molar-refractivity contribution is 5.76. The molecule has 4 nitrogen and oxygen atoms in total. The van der Waals surface area contributed by atoms with Crippen molar-refractivity contribution in [2.75, 3.05) is 19.0 Å². The van der Waals surface area contributed by atoms with Crippen LogP contribution in [-0.4, -0.2) is 28.8 Å². The van der Waals surface area contributed by atoms with Crippen LogP contribution >= 0.6 is 0 Å². The van der Waals surface area contributed by atoms with E-state index in [-0.39, 0.29) is 6.04 Å². The number of aliphatic hydroxyl groups is 1. The Kier molecular flexibility index (Phi) is 4.09. The van der Waals surface area contributed by atoms with Gasteiger partial charge in [-0.1, -0.05) is 24.3 Å². The van der Waals surface area contributed by atoms with Crippen LogP contribution in [0.5, 0.6) is 0 Å². The molecule has 0 spiro atoms. The number of anilines is 1. The summed E-state index contributed by atoms with van der Waals surface area (Å²) in [6.07, 6.45) is -0.735. The lowest BCUT2D eigenvalue weighted by molar-refractivity contribution is 0.203. The number of hydrogen-bond acceptors (Lipinski definition) is 3. The number of aromatic nitrogens is 2. The van der Waals surface area contributed by atoms with Gasteiger partial charge in [-0.3, -0.25) is 0 Å². The van der Waals surface area contributed by atoms with Crippen molar-refractivity contribution >= 4 is 16.7 Å². The molecule has 120 valence electrons. The van der Waals surface area contributed by atoms with Gasteiger partial charge in [-0.05, 0) is 43.7 Å². The molecule has 0 fully saturated rings. The van der Waals surface area contributed by atoms with E-state index in [0.29, 0.717) is 5.82 Å². The maximum absolute atomic E-state index is 10.9. The SMILES string of the molecule is CC(C)n1c([C@@H](O)c2ccc(N(C)C)cc2)nc2ccccc21. The summed E-state index contributed by atoms with van der Waals surface area (Å²) in [4.78, 5) is 6.71. The molecule has 4 heteroatoms. The molecule has 1 aromatic heterocycles. The summed E-state index contributed by atoms with van der Waals surface area (Å²) in [6.45, 7) is 4.22. The molecule has 23 heavy (non-hydrogen) atoms. The zero-order chi connectivity index (χ0) is 16.6. The smallest absolute Gasteiger partial charge is 0.143 e. The van der Waals surface area contributed by atoms with Crippen LogP contribution in [0.1, 0.15) is 37.4 Å². The van der Waals surface area contributed by atoms with E-state index in [2.05, 4.69) is 23.4 Å². The highest BCUT2D eigenvalue weighted by Crippen LogP contribution is 2.29. The van der Waals surface area contributed by atoms with E-state index in [1.54, 1.807) is 0 Å². The molecular weight excluding hydrogens is 286 g/mol. The van der Waals surface area contributed by atoms with Gasteiger partial charge in [-0.15, -0.1) is 0 Å². The molecule has 0 aliphatic carbocycles. The average Bonchev–Trinajstić information content (AvgIpc) is 2.93. The van der Waals surface area contributed by atoms with Gasteiger partial charge in [0.2, 0.25) is 0 Å². The van der Waals surface area contributed by atoms with Crippen LogP contribution in [0, 0.1) is 0 Å². The molecule has 1 N–H and O–H groups in total. The van der Waals surface area contributed by atoms with Gasteiger partial charge >= 0.3 is 0 Å². The van der Waals surface area contributed by atoms with Gasteiger partial charge in [-0.2, -0.15) is 0 Å². The first-order chi connectivity index (χ1) is 11.0. The zero-order valence-corrected chi connectivity index (χ0v) is 14.1. The molecule has 3 aromatic rings. The molecule has 1 heterocycles. The van der Waals surface area contributed by atoms with E-state index < -0.39 is 6.10 Å². The molecule has 0 amide bonds. The molecule has 0 saturated heterocycles. The largest absolute Gasteiger partial charge is 0.380 e. The van der Waals surface area contributed by atoms with Crippen molar-refractivity contribution in [1.29, 1.82) is 0 Å². The van der Waals surface area contributed by atoms with Gasteiger partial charge in [0.05, 0.1) is 11.0 Å². The van der Waals surface area contributed by atoms with E-state index in [0.717, 1.165) is 22.3 Å². The summed E-state index contributed by atoms with van der Waals surface area (Å²) >= 11 is 0. The number of para-hydroxylation sites is 2. The van der Waals surface area contributed by atoms with Crippen molar-refractivity contribution in [2.24, 2.45) is 0 Å². The highest BCUT2D eigenvalue weighted by atomic mass is 16.3. The van der Waals surface area contributed by atoms with Crippen molar-refractivity contribution in [3.05, 3.63) is 59.9 Å². The second kappa shape index (κ2) is 6.05. The zero-order valence-electron chi connectivity index (χ0n) is 14.1. The van der Waals surface area contributed by atoms with Crippen molar-refractivity contribution < 1.29 is 5.11 Å². The number of imidazole rings is 1. The molecule has 1 atom stereocenters. The minimum absolute atomic E-state index is 0.230. The second-order valence-electron chi connectivity index (χ2n) is 6.31. The number of benzene rings is 2. The molecule has 0 radical (unpaired) electrons. The van der Waals surface area contributed by atoms with Gasteiger partial charge in [0.25, 0.3) is 0 Å². The van der Waals surface area contributed by atoms with E-state index in [9.17, 15) is 5.11 Å². The second-order valence-corrected chi connectivity index (χ2v) is 6.31. The Morgan fingerprint density at radius 1 is 1.00 bits per heavy atom. The van der Waals surface area contributed by atoms with Crippen LogP contribution in [0.3, 0.4) is 0 Å². The normalized spacial score (nSPS) is 12.8. The first kappa shape index (κ1) is 15.6. The number of fused-ring (bicyclic) bond motifs is 1. The molecule has 3 rings (SSSR count). The van der Waals surface area contributed by atoms with Crippen molar-refractivity contribution in [3.8, 4) is 0 Å². The standard InChI is InChI=1S/C19H23N3O/c1-13(2)22-17-8-6-5-7-16(17)20-19(22)18(23)14-9-11-15(12-10-14)21(3)4/h5-13,18,23H,1-4H3/t18-/m0/s1. The Labute approximate surface area is 137 Å². The Balaban J connectivity index is 2.06. The van der Waals surface area contributed by atoms with Crippen LogP contribution in [0.25, 0.3) is 11.0 Å². The molecular formula is C19H23N3O. The molecule has 0 saturated carbocycles. The molecule has 0 unspecified atom stereocenters. The van der Waals surface area contributed by atoms with Gasteiger partial charge in [0, 0.05) is 25.8 Å². The monoisotopic (exact) mass is 309 g/mol. The Morgan fingerprint density at radius 3 is 2.26 bits per heavy atom. The summed E-state index contributed by atoms with van der Waals surface area (Å²) in [5, 5.41) is 10.9. The topological polar surface area (TPSA) is 41.3 Å². The molecule has 0 aliphatic rings. The molecule has 2 aromatic carbocycles. The lowest BCUT2D eigenvalue weighted by Crippen LogP contribution is -2.12. The third-order valence-electron chi connectivity index (χ3n) is 4.11. The van der Waals surface area contributed by atoms with Gasteiger partial charge < -0.3 is 14.6 Å². The maximum Gasteiger partial charge on any atom is 0.143 e. The van der Waals surface area contributed by atoms with Crippen molar-refractivity contribution in [1.82, 2.24) is 9.55 Å². The number of rotatable bonds is 4. The summed E-state index contributed by atoms with van der Waals surface area (Å²) in [7, 11) is 4.01. The van der Waals surface area contributed by atoms with Gasteiger partial charge in [0.15, 0.2) is 0 Å². The average molecular weight is 309 g/mol. The molecule has 0 bridgehead atoms. The Morgan fingerprint density at radius 2 is 1.65 bits per heavy atom. The van der Waals surface area contributed by atoms with Crippen LogP contribution in [0.15, 0.2) is 48.5 Å². The Hall–Kier alpha value is -2.33. The predicted octanol–water partition coefficient (Wildman–Crippen LogP) is 3.76. The third-order valence-corrected chi connectivity index (χ3v) is 4.11. The third kappa shape index (κ3) is 2.82. The Bertz CT molecular complexity index is 803. The quantitative estimate of drug-likeness (QED) is 0.797. The van der Waals surface area contributed by atoms with Gasteiger partial charge in [-0.25, -0.2) is 4.98 Å². The van der Waals surface area contributed by atoms with Crippen molar-refractivity contribution in [3.63, 3.8) is 0 Å². The lowest BCUT2D eigenvalue weighted by atomic mass is 10.1. The fourth-order valence-electron chi connectivity index (χ4n) is 2.90. The van der Waals surface area contributed by atoms with E-state index in [4.69, 9.17) is 0 Å². The van der Waals surface area contributed by atoms with Crippen LogP contribution in [-0.2, 0) is 0 Å². The number of aliphatic hydroxyl groups excluding tert-OH is 1. The predicted molar refractivity (Wildman–Crippen MR) is 94.9 cm³/mol. The van der Waals surface area contributed by atoms with Crippen LogP contribution in [0.4, 0.5) is 5.69 Å². The van der Waals surface area contributed by atoms with E-state index >= 15 is 0 Å². The summed E-state index contributed by atoms with van der Waals surface area (Å²) in [5.74, 6) is 0.693. The van der Waals surface area contributed by atoms with E-state index in [1.165, 1.54) is 0 Å². The minimum Gasteiger partial charge on any atom is -0.380 e. The number of hydrogen-bond donors (Lipinski definition) is 1. The first-order valence-corrected chi connectivity index (χ1v) is 7.91. The summed E-state index contributed by atoms with van der Waals surface area (Å²) < 4.78 is 2.11. The first-order valence-electron chi connectivity index (χ1n) is 7.91. The summed E-state index contributed by atoms with van der Waals surface area (Å²) in [6, 6.07) is 16.2. The van der Waals surface area contributed by atoms with Gasteiger partial charge in [0.1, 0.15) is 11.9 Å². The fourth-order valence-corrected chi connectivity index (χ4v) is 2.90.